The van der Waals surface area contributed by atoms with Crippen LogP contribution in [0.5, 0.6) is 0 Å². The first-order valence-electron chi connectivity index (χ1n) is 11.5. The highest BCUT2D eigenvalue weighted by Crippen LogP contribution is 2.41. The number of nitrogen functional groups attached to an aromatic ring is 2. The Labute approximate surface area is 239 Å². The molecule has 1 fully saturated rings. The minimum Gasteiger partial charge on any atom is -0.478 e. The normalized spacial score (nSPS) is 19.1. The fourth-order valence-electron chi connectivity index (χ4n) is 3.57. The van der Waals surface area contributed by atoms with Crippen molar-refractivity contribution >= 4 is 75.3 Å². The third kappa shape index (κ3) is 5.82. The van der Waals surface area contributed by atoms with E-state index < -0.39 is 40.8 Å². The summed E-state index contributed by atoms with van der Waals surface area (Å²) in [5.41, 5.74) is 9.68. The number of nitrogens with two attached hydrogens (primary N) is 2. The fraction of sp³-hybridized carbons (Fsp3) is 0.364. The van der Waals surface area contributed by atoms with Crippen LogP contribution in [0.1, 0.15) is 19.5 Å². The molecular weight excluding hydrogens is 584 g/mol. The zero-order valence-corrected chi connectivity index (χ0v) is 23.8. The number of fused-ring (bicyclic) bond motifs is 1. The van der Waals surface area contributed by atoms with Crippen LogP contribution in [0, 0.1) is 0 Å². The summed E-state index contributed by atoms with van der Waals surface area (Å²) in [4.78, 5) is 64.4. The predicted octanol–water partition coefficient (Wildman–Crippen LogP) is -0.358. The quantitative estimate of drug-likeness (QED) is 0.0580. The zero-order chi connectivity index (χ0) is 29.4. The van der Waals surface area contributed by atoms with Gasteiger partial charge in [0.1, 0.15) is 22.8 Å². The Kier molecular flexibility index (Phi) is 8.22. The number of anilines is 2. The molecule has 2 atom stereocenters. The van der Waals surface area contributed by atoms with E-state index >= 15 is 0 Å². The fourth-order valence-corrected chi connectivity index (χ4v) is 6.57. The van der Waals surface area contributed by atoms with Gasteiger partial charge in [-0.05, 0) is 36.2 Å². The Balaban J connectivity index is 1.53. The molecule has 4 heterocycles. The first-order valence-corrected chi connectivity index (χ1v) is 14.4. The van der Waals surface area contributed by atoms with E-state index in [4.69, 9.17) is 16.3 Å². The summed E-state index contributed by atoms with van der Waals surface area (Å²) >= 11 is 3.60. The van der Waals surface area contributed by atoms with Crippen LogP contribution in [0.25, 0.3) is 0 Å². The van der Waals surface area contributed by atoms with Gasteiger partial charge in [-0.3, -0.25) is 14.5 Å². The summed E-state index contributed by atoms with van der Waals surface area (Å²) in [6, 6.07) is 0.571. The van der Waals surface area contributed by atoms with Crippen LogP contribution >= 0.6 is 34.9 Å². The molecular formula is C22H25N8O7S3+. The number of carboxylic acid groups (broad SMARTS) is 2. The van der Waals surface area contributed by atoms with E-state index in [2.05, 4.69) is 20.4 Å². The maximum Gasteiger partial charge on any atom is 0.361 e. The molecule has 0 bridgehead atoms. The van der Waals surface area contributed by atoms with Crippen molar-refractivity contribution in [2.24, 2.45) is 12.2 Å². The molecule has 2 aromatic rings. The van der Waals surface area contributed by atoms with Crippen molar-refractivity contribution in [2.45, 2.75) is 36.0 Å². The molecule has 0 radical (unpaired) electrons. The van der Waals surface area contributed by atoms with E-state index in [9.17, 15) is 29.4 Å². The second kappa shape index (κ2) is 11.3. The molecule has 4 rings (SSSR count). The number of nitrogens with one attached hydrogen (secondary N) is 1. The number of aryl methyl sites for hydroxylation is 1. The summed E-state index contributed by atoms with van der Waals surface area (Å²) < 4.78 is 1.75. The van der Waals surface area contributed by atoms with Crippen molar-refractivity contribution in [3.63, 3.8) is 0 Å². The van der Waals surface area contributed by atoms with Crippen LogP contribution in [0.2, 0.25) is 0 Å². The van der Waals surface area contributed by atoms with Crippen molar-refractivity contribution < 1.29 is 38.8 Å². The number of thioether (sulfide) groups is 2. The lowest BCUT2D eigenvalue weighted by Crippen LogP contribution is -2.71. The smallest absolute Gasteiger partial charge is 0.361 e. The summed E-state index contributed by atoms with van der Waals surface area (Å²) in [6.07, 6.45) is 1.74. The first kappa shape index (κ1) is 29.1. The lowest BCUT2D eigenvalue weighted by molar-refractivity contribution is -0.713. The third-order valence-corrected chi connectivity index (χ3v) is 8.91. The Hall–Kier alpha value is -3.90. The van der Waals surface area contributed by atoms with Gasteiger partial charge in [-0.1, -0.05) is 5.16 Å². The molecule has 2 amide bonds. The molecule has 40 heavy (non-hydrogen) atoms. The monoisotopic (exact) mass is 609 g/mol. The average Bonchev–Trinajstić information content (AvgIpc) is 3.32. The molecule has 2 aliphatic heterocycles. The summed E-state index contributed by atoms with van der Waals surface area (Å²) in [5.74, 6) is -3.21. The van der Waals surface area contributed by atoms with Crippen LogP contribution in [-0.4, -0.2) is 83.1 Å². The van der Waals surface area contributed by atoms with Crippen LogP contribution in [0.3, 0.4) is 0 Å². The summed E-state index contributed by atoms with van der Waals surface area (Å²) in [6.45, 7) is 2.49. The second-order valence-corrected chi connectivity index (χ2v) is 12.0. The van der Waals surface area contributed by atoms with Gasteiger partial charge in [0.25, 0.3) is 11.8 Å². The van der Waals surface area contributed by atoms with Gasteiger partial charge in [-0.25, -0.2) is 19.1 Å². The summed E-state index contributed by atoms with van der Waals surface area (Å²) in [5, 5.41) is 27.0. The van der Waals surface area contributed by atoms with E-state index in [0.717, 1.165) is 16.2 Å². The molecule has 1 saturated heterocycles. The maximum absolute atomic E-state index is 13.2. The highest BCUT2D eigenvalue weighted by atomic mass is 32.2. The van der Waals surface area contributed by atoms with Crippen LogP contribution < -0.4 is 21.4 Å². The van der Waals surface area contributed by atoms with Crippen LogP contribution in [-0.2, 0) is 31.1 Å². The number of amides is 2. The molecule has 2 aliphatic rings. The zero-order valence-electron chi connectivity index (χ0n) is 21.4. The van der Waals surface area contributed by atoms with E-state index in [1.807, 2.05) is 0 Å². The number of β-lactam (4-membered cyclic amide) rings is 1. The number of carbonyl (C=O) groups is 4. The van der Waals surface area contributed by atoms with Crippen LogP contribution in [0.15, 0.2) is 39.2 Å². The number of oxime groups is 1. The molecule has 1 unspecified atom stereocenters. The van der Waals surface area contributed by atoms with E-state index in [1.54, 1.807) is 23.9 Å². The van der Waals surface area contributed by atoms with E-state index in [0.29, 0.717) is 22.3 Å². The topological polar surface area (TPSA) is 227 Å². The Morgan fingerprint density at radius 1 is 1.32 bits per heavy atom. The van der Waals surface area contributed by atoms with Crippen molar-refractivity contribution in [3.8, 4) is 0 Å². The third-order valence-electron chi connectivity index (χ3n) is 5.77. The SMILES string of the molecule is C[n+]1ccc(N)nc1SCC1=C(C(=O)O)N2C(=O)C(NC(=O)/C(=N\OC(C)(C)C(=O)O)c3csc(N)n3)[C@H]2SC1. The lowest BCUT2D eigenvalue weighted by atomic mass is 10.0. The molecule has 18 heteroatoms. The highest BCUT2D eigenvalue weighted by molar-refractivity contribution is 8.01. The van der Waals surface area contributed by atoms with Gasteiger partial charge in [0, 0.05) is 23.0 Å². The van der Waals surface area contributed by atoms with Gasteiger partial charge in [-0.2, -0.15) is 0 Å². The number of carboxylic acids is 2. The Morgan fingerprint density at radius 3 is 2.67 bits per heavy atom. The number of hydrogen-bond donors (Lipinski definition) is 5. The molecule has 2 aromatic heterocycles. The Morgan fingerprint density at radius 2 is 2.05 bits per heavy atom. The van der Waals surface area contributed by atoms with Crippen molar-refractivity contribution in [1.82, 2.24) is 20.2 Å². The number of hydrogen-bond acceptors (Lipinski definition) is 13. The number of carbonyl (C=O) groups excluding carboxylic acids is 2. The minimum atomic E-state index is -1.76. The van der Waals surface area contributed by atoms with Gasteiger partial charge in [0.2, 0.25) is 11.4 Å². The lowest BCUT2D eigenvalue weighted by Gasteiger charge is -2.49. The number of aliphatic carboxylic acids is 2. The minimum absolute atomic E-state index is 0.0230. The van der Waals surface area contributed by atoms with Gasteiger partial charge >= 0.3 is 17.1 Å². The molecule has 15 nitrogen and oxygen atoms in total. The van der Waals surface area contributed by atoms with Crippen molar-refractivity contribution in [3.05, 3.63) is 34.6 Å². The number of thiazole rings is 1. The number of rotatable bonds is 10. The van der Waals surface area contributed by atoms with E-state index in [-0.39, 0.29) is 28.0 Å². The van der Waals surface area contributed by atoms with Gasteiger partial charge in [-0.15, -0.1) is 23.1 Å². The van der Waals surface area contributed by atoms with Crippen molar-refractivity contribution in [1.29, 1.82) is 0 Å². The molecule has 7 N–H and O–H groups in total. The largest absolute Gasteiger partial charge is 0.478 e. The highest BCUT2D eigenvalue weighted by Gasteiger charge is 2.54. The maximum atomic E-state index is 13.2. The van der Waals surface area contributed by atoms with Crippen LogP contribution in [0.4, 0.5) is 10.9 Å². The van der Waals surface area contributed by atoms with E-state index in [1.165, 1.54) is 42.8 Å². The van der Waals surface area contributed by atoms with Gasteiger partial charge < -0.3 is 31.8 Å². The summed E-state index contributed by atoms with van der Waals surface area (Å²) in [7, 11) is 1.78. The Bertz CT molecular complexity index is 1460. The average molecular weight is 610 g/mol. The molecule has 0 aliphatic carbocycles. The second-order valence-electron chi connectivity index (χ2n) is 9.07. The van der Waals surface area contributed by atoms with Crippen molar-refractivity contribution in [2.75, 3.05) is 23.0 Å². The molecule has 0 saturated carbocycles. The standard InChI is InChI=1S/C22H24N8O7S3/c1-22(2,19(35)36)37-28-12(10-8-39-20(24)25-10)15(31)27-13-16(32)30-14(18(33)34)9(6-38-17(13)30)7-40-21-26-11(23)4-5-29(21)3/h4-5,8,13,17,23H,6-7H2,1-3H3,(H5,24,25,27,31,33,34,35,36)/p+1/b28-12-/t13?,17-/m1/s1. The molecule has 212 valence electrons. The van der Waals surface area contributed by atoms with Gasteiger partial charge in [0.15, 0.2) is 10.8 Å². The molecule has 0 aromatic carbocycles. The predicted molar refractivity (Wildman–Crippen MR) is 146 cm³/mol. The first-order chi connectivity index (χ1) is 18.8. The number of nitrogens with zero attached hydrogens (tertiary/aromatic N) is 5. The van der Waals surface area contributed by atoms with Gasteiger partial charge in [0.05, 0.1) is 13.2 Å². The number of aromatic nitrogens is 3. The molecule has 0 spiro atoms.